The van der Waals surface area contributed by atoms with Gasteiger partial charge in [-0.1, -0.05) is 30.0 Å². The first-order chi connectivity index (χ1) is 14.5. The van der Waals surface area contributed by atoms with Gasteiger partial charge in [-0.3, -0.25) is 14.2 Å². The van der Waals surface area contributed by atoms with Crippen LogP contribution < -0.4 is 10.5 Å². The number of likely N-dealkylation sites (N-methyl/N-ethyl adjacent to an activating group) is 1. The highest BCUT2D eigenvalue weighted by molar-refractivity contribution is 7.99. The summed E-state index contributed by atoms with van der Waals surface area (Å²) in [4.78, 5) is 36.4. The minimum Gasteiger partial charge on any atom is -0.343 e. The van der Waals surface area contributed by atoms with Gasteiger partial charge in [-0.15, -0.1) is 11.3 Å². The molecule has 2 aromatic heterocycles. The van der Waals surface area contributed by atoms with Crippen molar-refractivity contribution in [1.82, 2.24) is 14.5 Å². The van der Waals surface area contributed by atoms with E-state index in [2.05, 4.69) is 7.05 Å². The van der Waals surface area contributed by atoms with Crippen LogP contribution in [-0.2, 0) is 17.8 Å². The van der Waals surface area contributed by atoms with E-state index in [-0.39, 0.29) is 17.2 Å². The highest BCUT2D eigenvalue weighted by atomic mass is 32.2. The van der Waals surface area contributed by atoms with Crippen molar-refractivity contribution in [3.63, 3.8) is 0 Å². The zero-order valence-electron chi connectivity index (χ0n) is 17.6. The van der Waals surface area contributed by atoms with Gasteiger partial charge in [-0.05, 0) is 31.5 Å². The van der Waals surface area contributed by atoms with E-state index in [1.807, 2.05) is 44.2 Å². The monoisotopic (exact) mass is 443 g/mol. The van der Waals surface area contributed by atoms with E-state index in [0.717, 1.165) is 35.4 Å². The molecular formula is C22H27N4O2S2+. The third-order valence-electron chi connectivity index (χ3n) is 5.60. The van der Waals surface area contributed by atoms with Crippen LogP contribution in [0.2, 0.25) is 0 Å². The van der Waals surface area contributed by atoms with Gasteiger partial charge in [0.25, 0.3) is 5.56 Å². The molecule has 1 N–H and O–H groups in total. The molecular weight excluding hydrogens is 416 g/mol. The van der Waals surface area contributed by atoms with E-state index < -0.39 is 0 Å². The Kier molecular flexibility index (Phi) is 6.26. The van der Waals surface area contributed by atoms with Crippen LogP contribution in [0.1, 0.15) is 24.3 Å². The molecule has 3 heterocycles. The number of thiophene rings is 1. The Morgan fingerprint density at radius 2 is 2.00 bits per heavy atom. The Hall–Kier alpha value is -2.16. The first kappa shape index (κ1) is 21.1. The Balaban J connectivity index is 1.82. The van der Waals surface area contributed by atoms with Crippen molar-refractivity contribution in [3.8, 4) is 5.69 Å². The van der Waals surface area contributed by atoms with E-state index in [0.29, 0.717) is 18.2 Å². The molecule has 0 fully saturated rings. The lowest BCUT2D eigenvalue weighted by Crippen LogP contribution is -3.08. The number of nitrogens with one attached hydrogen (secondary N) is 1. The number of hydrogen-bond donors (Lipinski definition) is 1. The molecule has 1 aliphatic rings. The summed E-state index contributed by atoms with van der Waals surface area (Å²) < 4.78 is 1.68. The van der Waals surface area contributed by atoms with Gasteiger partial charge in [0.1, 0.15) is 11.4 Å². The highest BCUT2D eigenvalue weighted by Crippen LogP contribution is 2.31. The van der Waals surface area contributed by atoms with Crippen molar-refractivity contribution >= 4 is 39.2 Å². The van der Waals surface area contributed by atoms with Crippen LogP contribution in [0.5, 0.6) is 0 Å². The van der Waals surface area contributed by atoms with Gasteiger partial charge in [0.2, 0.25) is 5.91 Å². The van der Waals surface area contributed by atoms with E-state index in [1.165, 1.54) is 27.1 Å². The van der Waals surface area contributed by atoms with Crippen molar-refractivity contribution in [2.24, 2.45) is 0 Å². The minimum atomic E-state index is -0.0268. The quantitative estimate of drug-likeness (QED) is 0.468. The van der Waals surface area contributed by atoms with Gasteiger partial charge in [-0.25, -0.2) is 4.98 Å². The van der Waals surface area contributed by atoms with Crippen LogP contribution in [0, 0.1) is 0 Å². The molecule has 8 heteroatoms. The molecule has 1 aromatic carbocycles. The Morgan fingerprint density at radius 1 is 1.27 bits per heavy atom. The standard InChI is InChI=1S/C22H26N4O2S2/c1-4-25(5-2)18(27)14-29-22-23-20-19(16-11-12-24(3)13-17(16)30-20)21(28)26(22)15-9-7-6-8-10-15/h6-10H,4-5,11-14H2,1-3H3/p+1. The molecule has 0 spiro atoms. The number of amides is 1. The van der Waals surface area contributed by atoms with Gasteiger partial charge in [0.05, 0.1) is 35.3 Å². The van der Waals surface area contributed by atoms with Crippen molar-refractivity contribution in [2.45, 2.75) is 32.0 Å². The van der Waals surface area contributed by atoms with E-state index >= 15 is 0 Å². The molecule has 1 atom stereocenters. The van der Waals surface area contributed by atoms with Gasteiger partial charge in [-0.2, -0.15) is 0 Å². The van der Waals surface area contributed by atoms with Gasteiger partial charge < -0.3 is 9.80 Å². The molecule has 158 valence electrons. The maximum atomic E-state index is 13.7. The van der Waals surface area contributed by atoms with Crippen LogP contribution in [-0.4, -0.2) is 52.8 Å². The molecule has 0 saturated carbocycles. The number of benzene rings is 1. The summed E-state index contributed by atoms with van der Waals surface area (Å²) >= 11 is 2.98. The normalized spacial score (nSPS) is 15.9. The van der Waals surface area contributed by atoms with Crippen molar-refractivity contribution in [1.29, 1.82) is 0 Å². The SMILES string of the molecule is CCN(CC)C(=O)CSc1nc2sc3c(c2c(=O)n1-c1ccccc1)CC[NH+](C)C3. The lowest BCUT2D eigenvalue weighted by atomic mass is 10.1. The smallest absolute Gasteiger partial charge is 0.267 e. The third kappa shape index (κ3) is 3.91. The largest absolute Gasteiger partial charge is 0.343 e. The zero-order chi connectivity index (χ0) is 21.3. The second-order valence-electron chi connectivity index (χ2n) is 7.54. The highest BCUT2D eigenvalue weighted by Gasteiger charge is 2.26. The second kappa shape index (κ2) is 8.91. The van der Waals surface area contributed by atoms with Gasteiger partial charge in [0, 0.05) is 19.5 Å². The lowest BCUT2D eigenvalue weighted by Gasteiger charge is -2.19. The predicted octanol–water partition coefficient (Wildman–Crippen LogP) is 1.98. The Bertz CT molecular complexity index is 1120. The molecule has 1 unspecified atom stereocenters. The van der Waals surface area contributed by atoms with Crippen LogP contribution in [0.3, 0.4) is 0 Å². The molecule has 4 rings (SSSR count). The number of carbonyl (C=O) groups excluding carboxylic acids is 1. The van der Waals surface area contributed by atoms with Crippen molar-refractivity contribution in [2.75, 3.05) is 32.4 Å². The number of quaternary nitrogens is 1. The predicted molar refractivity (Wildman–Crippen MR) is 123 cm³/mol. The molecule has 0 saturated heterocycles. The molecule has 0 aliphatic carbocycles. The molecule has 0 radical (unpaired) electrons. The summed E-state index contributed by atoms with van der Waals surface area (Å²) in [6, 6.07) is 9.61. The summed E-state index contributed by atoms with van der Waals surface area (Å²) in [7, 11) is 2.18. The molecule has 0 bridgehead atoms. The van der Waals surface area contributed by atoms with E-state index in [9.17, 15) is 9.59 Å². The molecule has 1 aliphatic heterocycles. The number of rotatable bonds is 6. The summed E-state index contributed by atoms with van der Waals surface area (Å²) in [5.41, 5.74) is 1.92. The van der Waals surface area contributed by atoms with E-state index in [1.54, 1.807) is 20.8 Å². The fourth-order valence-corrected chi connectivity index (χ4v) is 6.23. The van der Waals surface area contributed by atoms with Gasteiger partial charge >= 0.3 is 0 Å². The fourth-order valence-electron chi connectivity index (χ4n) is 3.94. The number of thioether (sulfide) groups is 1. The van der Waals surface area contributed by atoms with E-state index in [4.69, 9.17) is 4.98 Å². The lowest BCUT2D eigenvalue weighted by molar-refractivity contribution is -0.895. The third-order valence-corrected chi connectivity index (χ3v) is 7.65. The maximum absolute atomic E-state index is 13.7. The summed E-state index contributed by atoms with van der Waals surface area (Å²) in [5, 5.41) is 1.34. The minimum absolute atomic E-state index is 0.0268. The number of hydrogen-bond acceptors (Lipinski definition) is 5. The topological polar surface area (TPSA) is 59.6 Å². The summed E-state index contributed by atoms with van der Waals surface area (Å²) in [6.07, 6.45) is 0.903. The van der Waals surface area contributed by atoms with Crippen LogP contribution >= 0.6 is 23.1 Å². The molecule has 6 nitrogen and oxygen atoms in total. The summed E-state index contributed by atoms with van der Waals surface area (Å²) in [6.45, 7) is 7.28. The molecule has 30 heavy (non-hydrogen) atoms. The van der Waals surface area contributed by atoms with Crippen molar-refractivity contribution < 1.29 is 9.69 Å². The zero-order valence-corrected chi connectivity index (χ0v) is 19.2. The van der Waals surface area contributed by atoms with Crippen LogP contribution in [0.15, 0.2) is 40.3 Å². The maximum Gasteiger partial charge on any atom is 0.267 e. The Labute approximate surface area is 184 Å². The second-order valence-corrected chi connectivity index (χ2v) is 9.57. The molecule has 3 aromatic rings. The first-order valence-electron chi connectivity index (χ1n) is 10.4. The fraction of sp³-hybridized carbons (Fsp3) is 0.409. The number of para-hydroxylation sites is 1. The van der Waals surface area contributed by atoms with Crippen LogP contribution in [0.25, 0.3) is 15.9 Å². The number of fused-ring (bicyclic) bond motifs is 3. The molecule has 1 amide bonds. The van der Waals surface area contributed by atoms with Crippen LogP contribution in [0.4, 0.5) is 0 Å². The van der Waals surface area contributed by atoms with Gasteiger partial charge in [0.15, 0.2) is 5.16 Å². The number of nitrogens with zero attached hydrogens (tertiary/aromatic N) is 3. The summed E-state index contributed by atoms with van der Waals surface area (Å²) in [5.74, 6) is 0.333. The number of aromatic nitrogens is 2. The Morgan fingerprint density at radius 3 is 2.70 bits per heavy atom. The van der Waals surface area contributed by atoms with Crippen molar-refractivity contribution in [3.05, 3.63) is 51.1 Å². The average molecular weight is 444 g/mol. The number of carbonyl (C=O) groups is 1. The average Bonchev–Trinajstić information content (AvgIpc) is 3.11. The first-order valence-corrected chi connectivity index (χ1v) is 12.2.